The van der Waals surface area contributed by atoms with Gasteiger partial charge in [0.25, 0.3) is 0 Å². The molecule has 2 rings (SSSR count). The first kappa shape index (κ1) is 17.3. The maximum Gasteiger partial charge on any atom is 0.338 e. The topological polar surface area (TPSA) is 64.1 Å². The highest BCUT2D eigenvalue weighted by Gasteiger charge is 2.08. The van der Waals surface area contributed by atoms with E-state index < -0.39 is 0 Å². The van der Waals surface area contributed by atoms with Gasteiger partial charge in [-0.2, -0.15) is 0 Å². The van der Waals surface area contributed by atoms with Crippen LogP contribution in [0, 0.1) is 12.8 Å². The standard InChI is InChI=1S/C17H21N3O2S/c1-11(2)10-22-16(21)13-5-7-14(8-6-13)19-15-9-12(3)18-17(20-15)23-4/h5-9,11H,10H2,1-4H3,(H,18,19,20). The summed E-state index contributed by atoms with van der Waals surface area (Å²) in [5.41, 5.74) is 2.30. The van der Waals surface area contributed by atoms with E-state index in [-0.39, 0.29) is 5.97 Å². The highest BCUT2D eigenvalue weighted by molar-refractivity contribution is 7.98. The number of anilines is 2. The molecule has 0 saturated carbocycles. The Bertz CT molecular complexity index is 672. The molecule has 1 N–H and O–H groups in total. The van der Waals surface area contributed by atoms with E-state index in [1.165, 1.54) is 11.8 Å². The molecule has 0 spiro atoms. The Labute approximate surface area is 140 Å². The van der Waals surface area contributed by atoms with E-state index in [4.69, 9.17) is 4.74 Å². The maximum absolute atomic E-state index is 11.9. The highest BCUT2D eigenvalue weighted by Crippen LogP contribution is 2.19. The van der Waals surface area contributed by atoms with E-state index in [1.54, 1.807) is 12.1 Å². The molecule has 0 unspecified atom stereocenters. The van der Waals surface area contributed by atoms with Gasteiger partial charge in [0.15, 0.2) is 5.16 Å². The summed E-state index contributed by atoms with van der Waals surface area (Å²) in [5, 5.41) is 3.94. The number of nitrogens with one attached hydrogen (secondary N) is 1. The van der Waals surface area contributed by atoms with Crippen LogP contribution >= 0.6 is 11.8 Å². The molecule has 0 aliphatic heterocycles. The second-order valence-electron chi connectivity index (χ2n) is 5.58. The predicted octanol–water partition coefficient (Wildman–Crippen LogP) is 4.06. The lowest BCUT2D eigenvalue weighted by atomic mass is 10.2. The Balaban J connectivity index is 2.05. The third-order valence-corrected chi connectivity index (χ3v) is 3.50. The lowest BCUT2D eigenvalue weighted by Crippen LogP contribution is -2.10. The second kappa shape index (κ2) is 7.97. The predicted molar refractivity (Wildman–Crippen MR) is 93.4 cm³/mol. The van der Waals surface area contributed by atoms with E-state index in [2.05, 4.69) is 15.3 Å². The van der Waals surface area contributed by atoms with Gasteiger partial charge in [-0.1, -0.05) is 25.6 Å². The minimum absolute atomic E-state index is 0.298. The molecule has 2 aromatic rings. The number of benzene rings is 1. The number of rotatable bonds is 6. The number of aromatic nitrogens is 2. The summed E-state index contributed by atoms with van der Waals surface area (Å²) in [4.78, 5) is 20.6. The van der Waals surface area contributed by atoms with Crippen molar-refractivity contribution in [2.75, 3.05) is 18.2 Å². The summed E-state index contributed by atoms with van der Waals surface area (Å²) >= 11 is 1.50. The van der Waals surface area contributed by atoms with Gasteiger partial charge >= 0.3 is 5.97 Å². The fraction of sp³-hybridized carbons (Fsp3) is 0.353. The first-order valence-electron chi connectivity index (χ1n) is 7.42. The van der Waals surface area contributed by atoms with Gasteiger partial charge in [-0.15, -0.1) is 0 Å². The van der Waals surface area contributed by atoms with E-state index in [9.17, 15) is 4.79 Å². The van der Waals surface area contributed by atoms with Crippen molar-refractivity contribution >= 4 is 29.2 Å². The monoisotopic (exact) mass is 331 g/mol. The maximum atomic E-state index is 11.9. The fourth-order valence-electron chi connectivity index (χ4n) is 1.86. The van der Waals surface area contributed by atoms with Crippen LogP contribution in [0.2, 0.25) is 0 Å². The van der Waals surface area contributed by atoms with Crippen molar-refractivity contribution in [1.82, 2.24) is 9.97 Å². The van der Waals surface area contributed by atoms with E-state index in [0.29, 0.717) is 18.1 Å². The average molecular weight is 331 g/mol. The number of carbonyl (C=O) groups excluding carboxylic acids is 1. The van der Waals surface area contributed by atoms with Crippen LogP contribution in [0.15, 0.2) is 35.5 Å². The van der Waals surface area contributed by atoms with Crippen LogP contribution in [0.1, 0.15) is 29.9 Å². The lowest BCUT2D eigenvalue weighted by molar-refractivity contribution is 0.0459. The van der Waals surface area contributed by atoms with Crippen molar-refractivity contribution < 1.29 is 9.53 Å². The van der Waals surface area contributed by atoms with Crippen LogP contribution in [0.25, 0.3) is 0 Å². The molecular formula is C17H21N3O2S. The van der Waals surface area contributed by atoms with Crippen molar-refractivity contribution in [3.8, 4) is 0 Å². The number of aryl methyl sites for hydroxylation is 1. The summed E-state index contributed by atoms with van der Waals surface area (Å²) in [6.07, 6.45) is 1.94. The van der Waals surface area contributed by atoms with Crippen molar-refractivity contribution in [2.24, 2.45) is 5.92 Å². The molecule has 0 radical (unpaired) electrons. The molecule has 23 heavy (non-hydrogen) atoms. The number of nitrogens with zero attached hydrogens (tertiary/aromatic N) is 2. The smallest absolute Gasteiger partial charge is 0.338 e. The molecule has 0 amide bonds. The average Bonchev–Trinajstić information content (AvgIpc) is 2.52. The number of hydrogen-bond donors (Lipinski definition) is 1. The summed E-state index contributed by atoms with van der Waals surface area (Å²) in [7, 11) is 0. The third kappa shape index (κ3) is 5.25. The zero-order chi connectivity index (χ0) is 16.8. The first-order valence-corrected chi connectivity index (χ1v) is 8.64. The second-order valence-corrected chi connectivity index (χ2v) is 6.35. The normalized spacial score (nSPS) is 10.7. The van der Waals surface area contributed by atoms with Crippen molar-refractivity contribution in [3.05, 3.63) is 41.6 Å². The van der Waals surface area contributed by atoms with E-state index >= 15 is 0 Å². The zero-order valence-electron chi connectivity index (χ0n) is 13.8. The Morgan fingerprint density at radius 1 is 1.26 bits per heavy atom. The van der Waals surface area contributed by atoms with Crippen LogP contribution in [-0.4, -0.2) is 28.8 Å². The van der Waals surface area contributed by atoms with Gasteiger partial charge in [0, 0.05) is 17.4 Å². The molecule has 122 valence electrons. The minimum Gasteiger partial charge on any atom is -0.462 e. The molecule has 5 nitrogen and oxygen atoms in total. The molecule has 0 bridgehead atoms. The number of thioether (sulfide) groups is 1. The van der Waals surface area contributed by atoms with Crippen molar-refractivity contribution in [3.63, 3.8) is 0 Å². The summed E-state index contributed by atoms with van der Waals surface area (Å²) in [6, 6.07) is 9.04. The number of carbonyl (C=O) groups is 1. The molecule has 0 aliphatic rings. The van der Waals surface area contributed by atoms with Gasteiger partial charge in [0.2, 0.25) is 0 Å². The third-order valence-electron chi connectivity index (χ3n) is 2.96. The van der Waals surface area contributed by atoms with Crippen LogP contribution in [0.5, 0.6) is 0 Å². The quantitative estimate of drug-likeness (QED) is 0.489. The lowest BCUT2D eigenvalue weighted by Gasteiger charge is -2.09. The molecule has 0 saturated heterocycles. The largest absolute Gasteiger partial charge is 0.462 e. The molecule has 0 aliphatic carbocycles. The Kier molecular flexibility index (Phi) is 5.98. The van der Waals surface area contributed by atoms with Crippen LogP contribution in [-0.2, 0) is 4.74 Å². The highest BCUT2D eigenvalue weighted by atomic mass is 32.2. The van der Waals surface area contributed by atoms with Gasteiger partial charge in [0.1, 0.15) is 5.82 Å². The number of esters is 1. The van der Waals surface area contributed by atoms with Gasteiger partial charge in [-0.05, 0) is 43.4 Å². The van der Waals surface area contributed by atoms with Crippen LogP contribution < -0.4 is 5.32 Å². The molecule has 1 heterocycles. The van der Waals surface area contributed by atoms with Gasteiger partial charge in [-0.25, -0.2) is 14.8 Å². The van der Waals surface area contributed by atoms with Crippen molar-refractivity contribution in [1.29, 1.82) is 0 Å². The summed E-state index contributed by atoms with van der Waals surface area (Å²) in [6.45, 7) is 6.37. The Morgan fingerprint density at radius 2 is 1.96 bits per heavy atom. The Morgan fingerprint density at radius 3 is 2.57 bits per heavy atom. The van der Waals surface area contributed by atoms with E-state index in [0.717, 1.165) is 22.4 Å². The first-order chi connectivity index (χ1) is 11.0. The molecule has 1 aromatic carbocycles. The number of hydrogen-bond acceptors (Lipinski definition) is 6. The summed E-state index contributed by atoms with van der Waals surface area (Å²) in [5.74, 6) is 0.760. The summed E-state index contributed by atoms with van der Waals surface area (Å²) < 4.78 is 5.21. The van der Waals surface area contributed by atoms with Gasteiger partial charge < -0.3 is 10.1 Å². The molecule has 0 atom stereocenters. The molecule has 1 aromatic heterocycles. The fourth-order valence-corrected chi connectivity index (χ4v) is 2.28. The molecule has 6 heteroatoms. The molecule has 0 fully saturated rings. The SMILES string of the molecule is CSc1nc(C)cc(Nc2ccc(C(=O)OCC(C)C)cc2)n1. The Hall–Kier alpha value is -2.08. The van der Waals surface area contributed by atoms with Gasteiger partial charge in [-0.3, -0.25) is 0 Å². The number of ether oxygens (including phenoxy) is 1. The minimum atomic E-state index is -0.298. The van der Waals surface area contributed by atoms with Crippen LogP contribution in [0.4, 0.5) is 11.5 Å². The van der Waals surface area contributed by atoms with Gasteiger partial charge in [0.05, 0.1) is 12.2 Å². The van der Waals surface area contributed by atoms with Crippen LogP contribution in [0.3, 0.4) is 0 Å². The van der Waals surface area contributed by atoms with Crippen molar-refractivity contribution in [2.45, 2.75) is 25.9 Å². The molecular weight excluding hydrogens is 310 g/mol. The zero-order valence-corrected chi connectivity index (χ0v) is 14.6. The van der Waals surface area contributed by atoms with E-state index in [1.807, 2.05) is 45.2 Å².